The van der Waals surface area contributed by atoms with Crippen molar-refractivity contribution in [3.8, 4) is 0 Å². The standard InChI is InChI=1S/C8H7F3O3S.C4H12N2.H4N2/c9-8(10,11)15(12,13)14-6-7-4-2-1-3-5-7;1-3-5-6-4-2;1-2/h1-5H,6H2;5-6H,3-4H2,1-2H3;1-2H2. The zero-order valence-electron chi connectivity index (χ0n) is 12.9. The third-order valence-electron chi connectivity index (χ3n) is 1.99. The molecule has 0 spiro atoms. The Morgan fingerprint density at radius 1 is 1.04 bits per heavy atom. The minimum atomic E-state index is -5.50. The maximum absolute atomic E-state index is 11.8. The molecule has 0 amide bonds. The number of benzene rings is 1. The maximum atomic E-state index is 11.8. The van der Waals surface area contributed by atoms with Crippen LogP contribution in [0.5, 0.6) is 0 Å². The quantitative estimate of drug-likeness (QED) is 0.196. The predicted molar refractivity (Wildman–Crippen MR) is 81.9 cm³/mol. The summed E-state index contributed by atoms with van der Waals surface area (Å²) in [5, 5.41) is 0. The molecular weight excluding hydrogens is 337 g/mol. The molecule has 23 heavy (non-hydrogen) atoms. The van der Waals surface area contributed by atoms with Crippen molar-refractivity contribution in [2.45, 2.75) is 26.0 Å². The second-order valence-corrected chi connectivity index (χ2v) is 5.32. The van der Waals surface area contributed by atoms with Crippen molar-refractivity contribution >= 4 is 10.1 Å². The first kappa shape index (κ1) is 24.0. The van der Waals surface area contributed by atoms with Gasteiger partial charge in [0.15, 0.2) is 0 Å². The Kier molecular flexibility index (Phi) is 13.8. The number of hydrogen-bond donors (Lipinski definition) is 4. The van der Waals surface area contributed by atoms with Crippen LogP contribution >= 0.6 is 0 Å². The summed E-state index contributed by atoms with van der Waals surface area (Å²) in [4.78, 5) is 0. The molecule has 0 aliphatic carbocycles. The largest absolute Gasteiger partial charge is 0.523 e. The molecule has 0 radical (unpaired) electrons. The van der Waals surface area contributed by atoms with Crippen LogP contribution < -0.4 is 22.5 Å². The Morgan fingerprint density at radius 3 is 1.83 bits per heavy atom. The normalized spacial score (nSPS) is 10.9. The van der Waals surface area contributed by atoms with Crippen molar-refractivity contribution in [1.82, 2.24) is 10.9 Å². The first-order chi connectivity index (χ1) is 10.7. The van der Waals surface area contributed by atoms with Gasteiger partial charge in [-0.05, 0) is 5.56 Å². The van der Waals surface area contributed by atoms with Crippen LogP contribution in [0.25, 0.3) is 0 Å². The van der Waals surface area contributed by atoms with Crippen molar-refractivity contribution in [2.75, 3.05) is 13.1 Å². The Balaban J connectivity index is 0. The van der Waals surface area contributed by atoms with E-state index in [-0.39, 0.29) is 0 Å². The molecule has 0 aliphatic rings. The minimum absolute atomic E-state index is 0.352. The first-order valence-electron chi connectivity index (χ1n) is 6.53. The molecule has 136 valence electrons. The Labute approximate surface area is 134 Å². The van der Waals surface area contributed by atoms with Gasteiger partial charge in [-0.15, -0.1) is 0 Å². The van der Waals surface area contributed by atoms with E-state index >= 15 is 0 Å². The van der Waals surface area contributed by atoms with Gasteiger partial charge in [-0.1, -0.05) is 44.2 Å². The number of rotatable bonds is 6. The van der Waals surface area contributed by atoms with E-state index in [0.29, 0.717) is 5.56 Å². The molecule has 11 heteroatoms. The fourth-order valence-electron chi connectivity index (χ4n) is 1.04. The molecule has 1 rings (SSSR count). The van der Waals surface area contributed by atoms with Gasteiger partial charge >= 0.3 is 15.6 Å². The molecule has 0 atom stereocenters. The molecule has 0 saturated heterocycles. The predicted octanol–water partition coefficient (Wildman–Crippen LogP) is 0.992. The minimum Gasteiger partial charge on any atom is -0.274 e. The van der Waals surface area contributed by atoms with Crippen molar-refractivity contribution in [3.63, 3.8) is 0 Å². The highest BCUT2D eigenvalue weighted by molar-refractivity contribution is 7.87. The highest BCUT2D eigenvalue weighted by atomic mass is 32.2. The molecule has 6 N–H and O–H groups in total. The number of nitrogens with one attached hydrogen (secondary N) is 2. The lowest BCUT2D eigenvalue weighted by Gasteiger charge is -2.07. The third kappa shape index (κ3) is 11.9. The average Bonchev–Trinajstić information content (AvgIpc) is 2.53. The summed E-state index contributed by atoms with van der Waals surface area (Å²) in [5.74, 6) is 8.00. The van der Waals surface area contributed by atoms with Gasteiger partial charge in [0.1, 0.15) is 0 Å². The summed E-state index contributed by atoms with van der Waals surface area (Å²) in [6.07, 6.45) is 0. The molecule has 0 bridgehead atoms. The average molecular weight is 360 g/mol. The third-order valence-corrected chi connectivity index (χ3v) is 2.98. The van der Waals surface area contributed by atoms with Crippen LogP contribution in [0.15, 0.2) is 30.3 Å². The van der Waals surface area contributed by atoms with Gasteiger partial charge in [-0.3, -0.25) is 26.7 Å². The number of hydrogen-bond acceptors (Lipinski definition) is 7. The SMILES string of the molecule is CCNNCC.NN.O=S(=O)(OCc1ccccc1)C(F)(F)F. The fraction of sp³-hybridized carbons (Fsp3) is 0.500. The molecule has 0 fully saturated rings. The van der Waals surface area contributed by atoms with Gasteiger partial charge in [-0.25, -0.2) is 0 Å². The van der Waals surface area contributed by atoms with Crippen LogP contribution in [-0.4, -0.2) is 27.0 Å². The highest BCUT2D eigenvalue weighted by Crippen LogP contribution is 2.25. The Morgan fingerprint density at radius 2 is 1.48 bits per heavy atom. The van der Waals surface area contributed by atoms with Crippen LogP contribution in [0.2, 0.25) is 0 Å². The van der Waals surface area contributed by atoms with E-state index in [4.69, 9.17) is 0 Å². The van der Waals surface area contributed by atoms with Crippen molar-refractivity contribution < 1.29 is 25.8 Å². The second kappa shape index (κ2) is 13.2. The van der Waals surface area contributed by atoms with Crippen LogP contribution in [0.3, 0.4) is 0 Å². The van der Waals surface area contributed by atoms with Gasteiger partial charge < -0.3 is 0 Å². The van der Waals surface area contributed by atoms with E-state index in [0.717, 1.165) is 13.1 Å². The zero-order chi connectivity index (χ0) is 18.4. The zero-order valence-corrected chi connectivity index (χ0v) is 13.7. The van der Waals surface area contributed by atoms with Crippen LogP contribution in [0.1, 0.15) is 19.4 Å². The van der Waals surface area contributed by atoms with E-state index < -0.39 is 22.2 Å². The van der Waals surface area contributed by atoms with E-state index in [2.05, 4.69) is 40.6 Å². The summed E-state index contributed by atoms with van der Waals surface area (Å²) in [5.41, 5.74) is 0.875. The number of hydrazine groups is 2. The second-order valence-electron chi connectivity index (χ2n) is 3.71. The molecule has 1 aromatic rings. The van der Waals surface area contributed by atoms with Gasteiger partial charge in [0.25, 0.3) is 0 Å². The number of halogens is 3. The van der Waals surface area contributed by atoms with Crippen LogP contribution in [0.4, 0.5) is 13.2 Å². The topological polar surface area (TPSA) is 119 Å². The van der Waals surface area contributed by atoms with E-state index in [1.54, 1.807) is 18.2 Å². The molecule has 0 saturated carbocycles. The van der Waals surface area contributed by atoms with Crippen LogP contribution in [0, 0.1) is 0 Å². The molecule has 0 aromatic heterocycles. The molecule has 1 aromatic carbocycles. The summed E-state index contributed by atoms with van der Waals surface area (Å²) in [7, 11) is -5.50. The van der Waals surface area contributed by atoms with Crippen molar-refractivity contribution in [2.24, 2.45) is 11.7 Å². The Hall–Kier alpha value is -1.24. The first-order valence-corrected chi connectivity index (χ1v) is 7.94. The lowest BCUT2D eigenvalue weighted by molar-refractivity contribution is -0.0547. The van der Waals surface area contributed by atoms with Gasteiger partial charge in [-0.2, -0.15) is 21.6 Å². The lowest BCUT2D eigenvalue weighted by atomic mass is 10.2. The molecule has 0 heterocycles. The summed E-state index contributed by atoms with van der Waals surface area (Å²) in [6.45, 7) is 5.48. The molecule has 7 nitrogen and oxygen atoms in total. The molecule has 0 unspecified atom stereocenters. The van der Waals surface area contributed by atoms with Gasteiger partial charge in [0.2, 0.25) is 0 Å². The van der Waals surface area contributed by atoms with Crippen molar-refractivity contribution in [1.29, 1.82) is 0 Å². The van der Waals surface area contributed by atoms with Gasteiger partial charge in [0.05, 0.1) is 6.61 Å². The lowest BCUT2D eigenvalue weighted by Crippen LogP contribution is -2.30. The smallest absolute Gasteiger partial charge is 0.274 e. The number of alkyl halides is 3. The maximum Gasteiger partial charge on any atom is 0.523 e. The van der Waals surface area contributed by atoms with Gasteiger partial charge in [0, 0.05) is 13.1 Å². The van der Waals surface area contributed by atoms with E-state index in [9.17, 15) is 21.6 Å². The summed E-state index contributed by atoms with van der Waals surface area (Å²) >= 11 is 0. The van der Waals surface area contributed by atoms with Crippen LogP contribution in [-0.2, 0) is 20.9 Å². The van der Waals surface area contributed by atoms with E-state index in [1.807, 2.05) is 0 Å². The number of nitrogens with two attached hydrogens (primary N) is 2. The molecular formula is C12H23F3N4O3S. The summed E-state index contributed by atoms with van der Waals surface area (Å²) < 4.78 is 60.3. The van der Waals surface area contributed by atoms with E-state index in [1.165, 1.54) is 12.1 Å². The van der Waals surface area contributed by atoms with Crippen molar-refractivity contribution in [3.05, 3.63) is 35.9 Å². The monoisotopic (exact) mass is 360 g/mol. The highest BCUT2D eigenvalue weighted by Gasteiger charge is 2.47. The summed E-state index contributed by atoms with van der Waals surface area (Å²) in [6, 6.07) is 7.72. The molecule has 0 aliphatic heterocycles. The Bertz CT molecular complexity index is 480. The fourth-order valence-corrected chi connectivity index (χ4v) is 1.46.